The van der Waals surface area contributed by atoms with Crippen LogP contribution in [0.15, 0.2) is 91.9 Å². The van der Waals surface area contributed by atoms with Gasteiger partial charge in [0.1, 0.15) is 12.2 Å². The average molecular weight is 619 g/mol. The van der Waals surface area contributed by atoms with E-state index in [0.29, 0.717) is 29.7 Å². The molecule has 0 saturated carbocycles. The zero-order valence-corrected chi connectivity index (χ0v) is 26.9. The molecule has 46 heavy (non-hydrogen) atoms. The summed E-state index contributed by atoms with van der Waals surface area (Å²) in [6.45, 7) is 14.2. The predicted octanol–water partition coefficient (Wildman–Crippen LogP) is 3.97. The Labute approximate surface area is 267 Å². The summed E-state index contributed by atoms with van der Waals surface area (Å²) in [6.07, 6.45) is 14.5. The third-order valence-corrected chi connectivity index (χ3v) is 10.2. The van der Waals surface area contributed by atoms with Gasteiger partial charge in [-0.2, -0.15) is 0 Å². The van der Waals surface area contributed by atoms with Crippen molar-refractivity contribution in [3.05, 3.63) is 104 Å². The van der Waals surface area contributed by atoms with E-state index in [-0.39, 0.29) is 18.4 Å². The van der Waals surface area contributed by atoms with Gasteiger partial charge < -0.3 is 20.1 Å². The van der Waals surface area contributed by atoms with Crippen molar-refractivity contribution in [3.8, 4) is 0 Å². The summed E-state index contributed by atoms with van der Waals surface area (Å²) in [5.74, 6) is -2.22. The van der Waals surface area contributed by atoms with Gasteiger partial charge in [0.15, 0.2) is 0 Å². The SMILES string of the molecule is C=CC1=C(C)C2=NC/1=C\C1NC(=C(CCC(=O)O)C1C)/C=c1\[nH]c(c(C)c1C)=CC1=N/C(=C\2)C2=CC=C(C=O)[C@@H](C(=O)OC)[C@]21C. The fourth-order valence-corrected chi connectivity index (χ4v) is 7.29. The maximum Gasteiger partial charge on any atom is 0.314 e. The minimum atomic E-state index is -0.994. The molecule has 5 aliphatic rings. The minimum Gasteiger partial charge on any atom is -0.481 e. The summed E-state index contributed by atoms with van der Waals surface area (Å²) < 4.78 is 5.24. The van der Waals surface area contributed by atoms with E-state index < -0.39 is 23.3 Å². The lowest BCUT2D eigenvalue weighted by atomic mass is 9.63. The fraction of sp³-hybridized carbons (Fsp3) is 0.324. The number of carbonyl (C=O) groups is 3. The molecule has 1 aromatic rings. The van der Waals surface area contributed by atoms with Gasteiger partial charge in [-0.1, -0.05) is 31.7 Å². The quantitative estimate of drug-likeness (QED) is 0.327. The molecular formula is C37H38N4O5. The van der Waals surface area contributed by atoms with Crippen LogP contribution in [0.1, 0.15) is 44.7 Å². The lowest BCUT2D eigenvalue weighted by Gasteiger charge is -2.36. The molecule has 0 radical (unpaired) electrons. The van der Waals surface area contributed by atoms with Crippen LogP contribution in [0.25, 0.3) is 12.2 Å². The van der Waals surface area contributed by atoms with E-state index in [1.807, 2.05) is 45.9 Å². The van der Waals surface area contributed by atoms with Crippen LogP contribution in [0, 0.1) is 31.1 Å². The van der Waals surface area contributed by atoms with Crippen LogP contribution in [-0.4, -0.2) is 52.9 Å². The number of carbonyl (C=O) groups excluding carboxylic acids is 2. The number of fused-ring (bicyclic) bond motifs is 9. The average Bonchev–Trinajstić information content (AvgIpc) is 3.67. The highest BCUT2D eigenvalue weighted by atomic mass is 16.5. The molecule has 1 aliphatic carbocycles. The summed E-state index contributed by atoms with van der Waals surface area (Å²) in [5, 5.41) is 14.9. The third-order valence-electron chi connectivity index (χ3n) is 10.2. The summed E-state index contributed by atoms with van der Waals surface area (Å²) in [5.41, 5.74) is 8.70. The van der Waals surface area contributed by atoms with Crippen LogP contribution in [-0.2, 0) is 19.1 Å². The Hall–Kier alpha value is -5.05. The number of H-pyrrole nitrogens is 1. The van der Waals surface area contributed by atoms with Crippen molar-refractivity contribution in [3.63, 3.8) is 0 Å². The van der Waals surface area contributed by atoms with Crippen molar-refractivity contribution in [1.29, 1.82) is 0 Å². The Kier molecular flexibility index (Phi) is 7.66. The predicted molar refractivity (Wildman–Crippen MR) is 178 cm³/mol. The number of allylic oxidation sites excluding steroid dienone is 7. The lowest BCUT2D eigenvalue weighted by molar-refractivity contribution is -0.146. The number of nitrogens with one attached hydrogen (secondary N) is 2. The van der Waals surface area contributed by atoms with Crippen LogP contribution in [0.5, 0.6) is 0 Å². The van der Waals surface area contributed by atoms with Crippen molar-refractivity contribution in [1.82, 2.24) is 10.3 Å². The molecule has 0 amide bonds. The van der Waals surface area contributed by atoms with Gasteiger partial charge >= 0.3 is 11.9 Å². The maximum absolute atomic E-state index is 13.3. The van der Waals surface area contributed by atoms with Crippen molar-refractivity contribution < 1.29 is 24.2 Å². The first-order chi connectivity index (χ1) is 21.9. The molecule has 236 valence electrons. The van der Waals surface area contributed by atoms with Crippen molar-refractivity contribution >= 4 is 41.8 Å². The molecule has 0 spiro atoms. The van der Waals surface area contributed by atoms with E-state index >= 15 is 0 Å². The number of aliphatic carboxylic acids is 1. The summed E-state index contributed by atoms with van der Waals surface area (Å²) in [6, 6.07) is -0.119. The fourth-order valence-electron chi connectivity index (χ4n) is 7.29. The highest BCUT2D eigenvalue weighted by Crippen LogP contribution is 2.52. The Morgan fingerprint density at radius 2 is 1.80 bits per heavy atom. The normalized spacial score (nSPS) is 29.3. The first kappa shape index (κ1) is 31.0. The zero-order valence-electron chi connectivity index (χ0n) is 26.9. The molecule has 1 aromatic heterocycles. The van der Waals surface area contributed by atoms with Crippen LogP contribution in [0.4, 0.5) is 0 Å². The van der Waals surface area contributed by atoms with Crippen molar-refractivity contribution in [2.75, 3.05) is 7.11 Å². The molecule has 6 rings (SSSR count). The molecule has 0 fully saturated rings. The third kappa shape index (κ3) is 4.73. The van der Waals surface area contributed by atoms with Gasteiger partial charge in [-0.15, -0.1) is 0 Å². The van der Waals surface area contributed by atoms with E-state index in [4.69, 9.17) is 14.7 Å². The van der Waals surface area contributed by atoms with Gasteiger partial charge in [0.2, 0.25) is 0 Å². The molecule has 4 atom stereocenters. The smallest absolute Gasteiger partial charge is 0.314 e. The highest BCUT2D eigenvalue weighted by Gasteiger charge is 2.53. The topological polar surface area (TPSA) is 133 Å². The second-order valence-corrected chi connectivity index (χ2v) is 12.6. The minimum absolute atomic E-state index is 0.0311. The molecule has 2 unspecified atom stereocenters. The van der Waals surface area contributed by atoms with E-state index in [0.717, 1.165) is 61.2 Å². The molecule has 8 bridgehead atoms. The van der Waals surface area contributed by atoms with Gasteiger partial charge in [0, 0.05) is 39.9 Å². The van der Waals surface area contributed by atoms with Crippen LogP contribution >= 0.6 is 0 Å². The first-order valence-electron chi connectivity index (χ1n) is 15.4. The molecule has 3 N–H and O–H groups in total. The Morgan fingerprint density at radius 1 is 1.09 bits per heavy atom. The van der Waals surface area contributed by atoms with E-state index in [2.05, 4.69) is 36.0 Å². The first-order valence-corrected chi connectivity index (χ1v) is 15.4. The molecule has 0 saturated heterocycles. The molecule has 9 heteroatoms. The maximum atomic E-state index is 13.3. The Bertz CT molecular complexity index is 2010. The van der Waals surface area contributed by atoms with Crippen molar-refractivity contribution in [2.24, 2.45) is 27.2 Å². The van der Waals surface area contributed by atoms with E-state index in [1.165, 1.54) is 7.11 Å². The number of carboxylic acid groups (broad SMARTS) is 1. The molecule has 9 nitrogen and oxygen atoms in total. The number of hydrogen-bond donors (Lipinski definition) is 3. The molecule has 5 heterocycles. The summed E-state index contributed by atoms with van der Waals surface area (Å²) >= 11 is 0. The van der Waals surface area contributed by atoms with Gasteiger partial charge in [-0.25, -0.2) is 4.99 Å². The van der Waals surface area contributed by atoms with E-state index in [1.54, 1.807) is 12.2 Å². The number of carboxylic acids is 1. The van der Waals surface area contributed by atoms with Crippen molar-refractivity contribution in [2.45, 2.75) is 53.5 Å². The number of ether oxygens (including phenoxy) is 1. The monoisotopic (exact) mass is 618 g/mol. The largest absolute Gasteiger partial charge is 0.481 e. The number of aromatic amines is 1. The Morgan fingerprint density at radius 3 is 2.46 bits per heavy atom. The second-order valence-electron chi connectivity index (χ2n) is 12.6. The van der Waals surface area contributed by atoms with Gasteiger partial charge in [-0.05, 0) is 86.3 Å². The number of hydrogen-bond acceptors (Lipinski definition) is 7. The van der Waals surface area contributed by atoms with Crippen LogP contribution in [0.3, 0.4) is 0 Å². The number of aromatic nitrogens is 1. The van der Waals surface area contributed by atoms with Crippen LogP contribution < -0.4 is 16.0 Å². The molecule has 4 aliphatic heterocycles. The number of methoxy groups -OCH3 is 1. The highest BCUT2D eigenvalue weighted by molar-refractivity contribution is 6.21. The number of esters is 1. The Balaban J connectivity index is 1.67. The molecule has 0 aromatic carbocycles. The second kappa shape index (κ2) is 11.4. The number of rotatable bonds is 6. The number of nitrogens with zero attached hydrogens (tertiary/aromatic N) is 2. The van der Waals surface area contributed by atoms with Gasteiger partial charge in [-0.3, -0.25) is 19.4 Å². The number of aliphatic imine (C=N–C) groups is 2. The standard InChI is InChI=1S/C37H38N4O5/c1-8-23-20(4)28-15-32-25-11-9-22(17-42)35(36(45)46-7)37(25,6)33(41-32)16-29-19(3)18(2)26(38-29)13-31-24(10-12-34(43)44)21(5)27(40-31)14-30(23)39-28/h8-9,11,13-17,21,27,35,38,40H,1,10,12H2,2-7H3,(H,43,44)/b26-13-,29-16?,30-14-,32-15-/t21?,27?,35-,37+/m0/s1. The number of aldehydes is 1. The lowest BCUT2D eigenvalue weighted by Crippen LogP contribution is -2.42. The zero-order chi connectivity index (χ0) is 33.1. The van der Waals surface area contributed by atoms with E-state index in [9.17, 15) is 19.5 Å². The summed E-state index contributed by atoms with van der Waals surface area (Å²) in [4.78, 5) is 50.9. The molecular weight excluding hydrogens is 580 g/mol. The van der Waals surface area contributed by atoms with Crippen LogP contribution in [0.2, 0.25) is 0 Å². The van der Waals surface area contributed by atoms with Gasteiger partial charge in [0.25, 0.3) is 0 Å². The van der Waals surface area contributed by atoms with Gasteiger partial charge in [0.05, 0.1) is 41.4 Å². The summed E-state index contributed by atoms with van der Waals surface area (Å²) in [7, 11) is 1.33.